The average molecular weight is 377 g/mol. The molecule has 11 nitrogen and oxygen atoms in total. The number of ether oxygens (including phenoxy) is 1. The minimum absolute atomic E-state index is 0.386. The Bertz CT molecular complexity index is 774. The zero-order valence-electron chi connectivity index (χ0n) is 12.6. The summed E-state index contributed by atoms with van der Waals surface area (Å²) in [5, 5.41) is 11.3. The first-order valence-corrected chi connectivity index (χ1v) is 8.77. The lowest BCUT2D eigenvalue weighted by atomic mass is 10.4. The first-order valence-electron chi connectivity index (χ1n) is 6.41. The van der Waals surface area contributed by atoms with Gasteiger partial charge in [-0.2, -0.15) is 5.43 Å². The van der Waals surface area contributed by atoms with E-state index in [1.807, 2.05) is 0 Å². The quantitative estimate of drug-likeness (QED) is 0.460. The molecule has 0 aromatic carbocycles. The predicted octanol–water partition coefficient (Wildman–Crippen LogP) is -0.450. The monoisotopic (exact) mass is 377 g/mol. The van der Waals surface area contributed by atoms with Crippen LogP contribution in [-0.2, 0) is 14.8 Å². The van der Waals surface area contributed by atoms with Crippen molar-refractivity contribution in [2.75, 3.05) is 7.11 Å². The lowest BCUT2D eigenvalue weighted by Crippen LogP contribution is -2.64. The summed E-state index contributed by atoms with van der Waals surface area (Å²) in [6.07, 6.45) is 1.16. The standard InChI is InChI=1S/C11H15N5O6S2/c1-6-5-8(22-2)13-16(12-6)14-11(19)15-24(20,21)7-3-4-23-9(7)10(17)18/h3-5,8,12-13H,1-2H3,(H,17,18)(H2,14,15,19). The number of hydrazine groups is 3. The van der Waals surface area contributed by atoms with Crippen molar-refractivity contribution in [1.82, 2.24) is 26.2 Å². The van der Waals surface area contributed by atoms with Crippen molar-refractivity contribution in [3.8, 4) is 0 Å². The molecule has 0 saturated carbocycles. The summed E-state index contributed by atoms with van der Waals surface area (Å²) in [5.74, 6) is -1.39. The Labute approximate surface area is 141 Å². The van der Waals surface area contributed by atoms with E-state index < -0.39 is 33.1 Å². The number of carboxylic acids is 1. The van der Waals surface area contributed by atoms with Crippen LogP contribution in [0.2, 0.25) is 0 Å². The van der Waals surface area contributed by atoms with Gasteiger partial charge in [-0.3, -0.25) is 5.43 Å². The maximum Gasteiger partial charge on any atom is 0.347 e. The molecule has 1 atom stereocenters. The number of amides is 2. The summed E-state index contributed by atoms with van der Waals surface area (Å²) in [6, 6.07) is 0.0108. The van der Waals surface area contributed by atoms with Gasteiger partial charge < -0.3 is 9.84 Å². The molecule has 0 radical (unpaired) electrons. The Morgan fingerprint density at radius 3 is 2.79 bits per heavy atom. The molecule has 0 bridgehead atoms. The van der Waals surface area contributed by atoms with Crippen LogP contribution in [0.25, 0.3) is 0 Å². The molecule has 0 fully saturated rings. The Hall–Kier alpha value is -2.19. The number of hydrogen-bond acceptors (Lipinski definition) is 9. The number of carbonyl (C=O) groups excluding carboxylic acids is 1. The van der Waals surface area contributed by atoms with E-state index in [1.54, 1.807) is 17.7 Å². The van der Waals surface area contributed by atoms with Crippen molar-refractivity contribution in [3.05, 3.63) is 28.1 Å². The van der Waals surface area contributed by atoms with Gasteiger partial charge in [0.15, 0.2) is 0 Å². The summed E-state index contributed by atoms with van der Waals surface area (Å²) in [5.41, 5.74) is 8.23. The van der Waals surface area contributed by atoms with Gasteiger partial charge in [-0.25, -0.2) is 28.2 Å². The fourth-order valence-corrected chi connectivity index (χ4v) is 3.95. The number of aromatic carboxylic acids is 1. The molecule has 0 spiro atoms. The summed E-state index contributed by atoms with van der Waals surface area (Å²) < 4.78 is 31.0. The van der Waals surface area contributed by atoms with Crippen LogP contribution in [-0.4, -0.2) is 44.1 Å². The second kappa shape index (κ2) is 7.14. The van der Waals surface area contributed by atoms with E-state index in [4.69, 9.17) is 9.84 Å². The van der Waals surface area contributed by atoms with Crippen molar-refractivity contribution >= 4 is 33.4 Å². The lowest BCUT2D eigenvalue weighted by Gasteiger charge is -2.32. The van der Waals surface area contributed by atoms with Crippen LogP contribution in [0, 0.1) is 0 Å². The number of nitrogens with one attached hydrogen (secondary N) is 4. The molecule has 5 N–H and O–H groups in total. The topological polar surface area (TPSA) is 149 Å². The van der Waals surface area contributed by atoms with Crippen LogP contribution in [0.3, 0.4) is 0 Å². The van der Waals surface area contributed by atoms with Crippen LogP contribution in [0.15, 0.2) is 28.1 Å². The highest BCUT2D eigenvalue weighted by Gasteiger charge is 2.27. The number of carboxylic acid groups (broad SMARTS) is 1. The Morgan fingerprint density at radius 2 is 2.17 bits per heavy atom. The molecule has 1 unspecified atom stereocenters. The van der Waals surface area contributed by atoms with Crippen LogP contribution in [0.4, 0.5) is 4.79 Å². The number of allylic oxidation sites excluding steroid dienone is 1. The molecule has 1 aromatic heterocycles. The van der Waals surface area contributed by atoms with Gasteiger partial charge >= 0.3 is 12.0 Å². The molecule has 1 aliphatic rings. The van der Waals surface area contributed by atoms with Crippen LogP contribution >= 0.6 is 11.3 Å². The van der Waals surface area contributed by atoms with Crippen molar-refractivity contribution in [2.24, 2.45) is 0 Å². The third kappa shape index (κ3) is 4.21. The number of carbonyl (C=O) groups is 2. The third-order valence-corrected chi connectivity index (χ3v) is 5.16. The molecule has 2 heterocycles. The molecule has 0 aliphatic carbocycles. The van der Waals surface area contributed by atoms with E-state index >= 15 is 0 Å². The summed E-state index contributed by atoms with van der Waals surface area (Å²) >= 11 is 0.741. The van der Waals surface area contributed by atoms with Crippen LogP contribution in [0.5, 0.6) is 0 Å². The highest BCUT2D eigenvalue weighted by atomic mass is 32.2. The van der Waals surface area contributed by atoms with Gasteiger partial charge in [0, 0.05) is 12.8 Å². The van der Waals surface area contributed by atoms with Crippen molar-refractivity contribution in [3.63, 3.8) is 0 Å². The Morgan fingerprint density at radius 1 is 1.46 bits per heavy atom. The van der Waals surface area contributed by atoms with E-state index in [9.17, 15) is 18.0 Å². The summed E-state index contributed by atoms with van der Waals surface area (Å²) in [6.45, 7) is 1.71. The minimum Gasteiger partial charge on any atom is -0.477 e. The smallest absolute Gasteiger partial charge is 0.347 e. The molecule has 13 heteroatoms. The number of methoxy groups -OCH3 is 1. The second-order valence-corrected chi connectivity index (χ2v) is 7.11. The highest BCUT2D eigenvalue weighted by Crippen LogP contribution is 2.21. The number of sulfonamides is 1. The first kappa shape index (κ1) is 18.2. The lowest BCUT2D eigenvalue weighted by molar-refractivity contribution is -0.0272. The summed E-state index contributed by atoms with van der Waals surface area (Å²) in [4.78, 5) is 22.0. The molecular weight excluding hydrogens is 362 g/mol. The number of nitrogens with zero attached hydrogens (tertiary/aromatic N) is 1. The fraction of sp³-hybridized carbons (Fsp3) is 0.273. The average Bonchev–Trinajstić information content (AvgIpc) is 2.96. The van der Waals surface area contributed by atoms with E-state index in [-0.39, 0.29) is 4.88 Å². The third-order valence-electron chi connectivity index (χ3n) is 2.75. The maximum atomic E-state index is 12.1. The molecule has 2 amide bonds. The predicted molar refractivity (Wildman–Crippen MR) is 82.8 cm³/mol. The van der Waals surface area contributed by atoms with Gasteiger partial charge in [0.1, 0.15) is 16.0 Å². The largest absolute Gasteiger partial charge is 0.477 e. The van der Waals surface area contributed by atoms with E-state index in [0.717, 1.165) is 22.6 Å². The maximum absolute atomic E-state index is 12.1. The Kier molecular flexibility index (Phi) is 5.40. The SMILES string of the molecule is COC1C=C(C)NN(NC(=O)NS(=O)(=O)c2ccsc2C(=O)O)N1. The molecule has 0 saturated heterocycles. The van der Waals surface area contributed by atoms with Gasteiger partial charge in [-0.05, 0) is 24.4 Å². The van der Waals surface area contributed by atoms with E-state index in [1.165, 1.54) is 12.5 Å². The van der Waals surface area contributed by atoms with Gasteiger partial charge in [0.25, 0.3) is 10.0 Å². The number of urea groups is 1. The van der Waals surface area contributed by atoms with Crippen molar-refractivity contribution < 1.29 is 27.9 Å². The molecule has 2 rings (SSSR count). The number of rotatable bonds is 5. The second-order valence-electron chi connectivity index (χ2n) is 4.55. The molecule has 1 aliphatic heterocycles. The highest BCUT2D eigenvalue weighted by molar-refractivity contribution is 7.90. The van der Waals surface area contributed by atoms with Gasteiger partial charge in [0.05, 0.1) is 0 Å². The van der Waals surface area contributed by atoms with Crippen LogP contribution < -0.4 is 21.0 Å². The molecule has 132 valence electrons. The fourth-order valence-electron chi connectivity index (χ4n) is 1.78. The molecule has 1 aromatic rings. The minimum atomic E-state index is -4.34. The number of thiophene rings is 1. The first-order chi connectivity index (χ1) is 11.2. The van der Waals surface area contributed by atoms with Gasteiger partial charge in [0.2, 0.25) is 0 Å². The normalized spacial score (nSPS) is 18.4. The van der Waals surface area contributed by atoms with Crippen molar-refractivity contribution in [2.45, 2.75) is 18.0 Å². The van der Waals surface area contributed by atoms with Crippen LogP contribution in [0.1, 0.15) is 16.6 Å². The Balaban J connectivity index is 2.05. The number of hydrogen-bond donors (Lipinski definition) is 5. The molecule has 24 heavy (non-hydrogen) atoms. The van der Waals surface area contributed by atoms with Crippen molar-refractivity contribution in [1.29, 1.82) is 0 Å². The zero-order chi connectivity index (χ0) is 17.9. The zero-order valence-corrected chi connectivity index (χ0v) is 14.2. The van der Waals surface area contributed by atoms with Gasteiger partial charge in [-0.1, -0.05) is 5.23 Å². The van der Waals surface area contributed by atoms with E-state index in [2.05, 4.69) is 16.3 Å². The molecular formula is C11H15N5O6S2. The summed E-state index contributed by atoms with van der Waals surface area (Å²) in [7, 11) is -2.89. The van der Waals surface area contributed by atoms with E-state index in [0.29, 0.717) is 5.70 Å². The van der Waals surface area contributed by atoms with Gasteiger partial charge in [-0.15, -0.1) is 11.3 Å².